The van der Waals surface area contributed by atoms with Gasteiger partial charge >= 0.3 is 5.97 Å². The third kappa shape index (κ3) is 2.21. The first-order valence-electron chi connectivity index (χ1n) is 6.13. The van der Waals surface area contributed by atoms with Gasteiger partial charge in [-0.2, -0.15) is 0 Å². The first-order chi connectivity index (χ1) is 7.80. The summed E-state index contributed by atoms with van der Waals surface area (Å²) in [5.41, 5.74) is 4.72. The minimum absolute atomic E-state index is 0.0797. The molecule has 1 unspecified atom stereocenters. The van der Waals surface area contributed by atoms with E-state index in [-0.39, 0.29) is 11.3 Å². The molecule has 0 aliphatic heterocycles. The highest BCUT2D eigenvalue weighted by molar-refractivity contribution is 5.78. The van der Waals surface area contributed by atoms with E-state index in [9.17, 15) is 9.90 Å². The molecule has 0 spiro atoms. The van der Waals surface area contributed by atoms with Crippen molar-refractivity contribution in [2.75, 3.05) is 0 Å². The number of carbonyl (C=O) groups is 1. The van der Waals surface area contributed by atoms with Crippen LogP contribution in [0.15, 0.2) is 12.1 Å². The van der Waals surface area contributed by atoms with E-state index in [1.165, 1.54) is 11.1 Å². The van der Waals surface area contributed by atoms with Gasteiger partial charge in [0, 0.05) is 0 Å². The van der Waals surface area contributed by atoms with E-state index in [4.69, 9.17) is 0 Å². The predicted molar refractivity (Wildman–Crippen MR) is 68.4 cm³/mol. The topological polar surface area (TPSA) is 37.3 Å². The molecule has 2 nitrogen and oxygen atoms in total. The van der Waals surface area contributed by atoms with Gasteiger partial charge in [-0.05, 0) is 48.8 Å². The Labute approximate surface area is 103 Å². The summed E-state index contributed by atoms with van der Waals surface area (Å²) in [6, 6.07) is 4.24. The maximum atomic E-state index is 11.4. The molecule has 2 rings (SSSR count). The minimum Gasteiger partial charge on any atom is -0.481 e. The molecule has 92 valence electrons. The van der Waals surface area contributed by atoms with E-state index < -0.39 is 5.97 Å². The van der Waals surface area contributed by atoms with E-state index >= 15 is 0 Å². The Morgan fingerprint density at radius 3 is 2.59 bits per heavy atom. The van der Waals surface area contributed by atoms with E-state index in [1.807, 2.05) is 6.92 Å². The summed E-state index contributed by atoms with van der Waals surface area (Å²) >= 11 is 0. The monoisotopic (exact) mass is 232 g/mol. The third-order valence-corrected chi connectivity index (χ3v) is 3.69. The van der Waals surface area contributed by atoms with Crippen molar-refractivity contribution in [2.24, 2.45) is 5.41 Å². The standard InChI is InChI=1S/C15H20O2/c1-9-5-10(2)13-11(6-9)7-15(3,4)8-12(13)14(16)17/h5-6,12H,7-8H2,1-4H3,(H,16,17). The van der Waals surface area contributed by atoms with E-state index in [1.54, 1.807) is 0 Å². The van der Waals surface area contributed by atoms with Crippen molar-refractivity contribution in [3.8, 4) is 0 Å². The predicted octanol–water partition coefficient (Wildman–Crippen LogP) is 3.44. The molecule has 0 fully saturated rings. The van der Waals surface area contributed by atoms with Crippen LogP contribution in [-0.2, 0) is 11.2 Å². The number of rotatable bonds is 1. The molecule has 0 saturated carbocycles. The Balaban J connectivity index is 2.60. The molecular weight excluding hydrogens is 212 g/mol. The molecule has 0 saturated heterocycles. The fourth-order valence-corrected chi connectivity index (χ4v) is 3.16. The van der Waals surface area contributed by atoms with Gasteiger partial charge in [-0.15, -0.1) is 0 Å². The van der Waals surface area contributed by atoms with Gasteiger partial charge in [-0.3, -0.25) is 4.79 Å². The Kier molecular flexibility index (Phi) is 2.76. The van der Waals surface area contributed by atoms with Crippen LogP contribution in [0.5, 0.6) is 0 Å². The number of fused-ring (bicyclic) bond motifs is 1. The average Bonchev–Trinajstić information content (AvgIpc) is 2.12. The molecule has 0 bridgehead atoms. The second-order valence-corrected chi connectivity index (χ2v) is 6.09. The summed E-state index contributed by atoms with van der Waals surface area (Å²) in [5.74, 6) is -1.03. The number of carboxylic acids is 1. The van der Waals surface area contributed by atoms with Gasteiger partial charge in [0.15, 0.2) is 0 Å². The van der Waals surface area contributed by atoms with Crippen LogP contribution >= 0.6 is 0 Å². The van der Waals surface area contributed by atoms with Crippen molar-refractivity contribution in [3.05, 3.63) is 34.4 Å². The van der Waals surface area contributed by atoms with Gasteiger partial charge in [0.05, 0.1) is 5.92 Å². The van der Waals surface area contributed by atoms with E-state index in [0.717, 1.165) is 24.0 Å². The quantitative estimate of drug-likeness (QED) is 0.805. The summed E-state index contributed by atoms with van der Waals surface area (Å²) in [6.45, 7) is 8.41. The Hall–Kier alpha value is -1.31. The van der Waals surface area contributed by atoms with E-state index in [0.29, 0.717) is 0 Å². The van der Waals surface area contributed by atoms with Crippen LogP contribution < -0.4 is 0 Å². The molecule has 17 heavy (non-hydrogen) atoms. The van der Waals surface area contributed by atoms with Gasteiger partial charge in [-0.25, -0.2) is 0 Å². The van der Waals surface area contributed by atoms with E-state index in [2.05, 4.69) is 32.9 Å². The summed E-state index contributed by atoms with van der Waals surface area (Å²) in [4.78, 5) is 11.4. The van der Waals surface area contributed by atoms with Gasteiger partial charge in [0.2, 0.25) is 0 Å². The van der Waals surface area contributed by atoms with Gasteiger partial charge in [0.1, 0.15) is 0 Å². The van der Waals surface area contributed by atoms with Crippen molar-refractivity contribution in [2.45, 2.75) is 46.5 Å². The normalized spacial score (nSPS) is 22.0. The molecule has 1 N–H and O–H groups in total. The zero-order chi connectivity index (χ0) is 12.8. The second-order valence-electron chi connectivity index (χ2n) is 6.09. The van der Waals surface area contributed by atoms with Crippen molar-refractivity contribution >= 4 is 5.97 Å². The highest BCUT2D eigenvalue weighted by Crippen LogP contribution is 2.43. The Bertz CT molecular complexity index is 472. The molecule has 0 radical (unpaired) electrons. The lowest BCUT2D eigenvalue weighted by Gasteiger charge is -2.36. The molecule has 1 atom stereocenters. The van der Waals surface area contributed by atoms with Crippen LogP contribution in [0, 0.1) is 19.3 Å². The lowest BCUT2D eigenvalue weighted by Crippen LogP contribution is -2.30. The summed E-state index contributed by atoms with van der Waals surface area (Å²) in [6.07, 6.45) is 1.72. The summed E-state index contributed by atoms with van der Waals surface area (Å²) < 4.78 is 0. The molecule has 0 aromatic heterocycles. The highest BCUT2D eigenvalue weighted by Gasteiger charge is 2.36. The summed E-state index contributed by atoms with van der Waals surface area (Å²) in [7, 11) is 0. The first kappa shape index (κ1) is 12.2. The van der Waals surface area contributed by atoms with Gasteiger partial charge < -0.3 is 5.11 Å². The molecular formula is C15H20O2. The van der Waals surface area contributed by atoms with Crippen molar-refractivity contribution in [1.82, 2.24) is 0 Å². The zero-order valence-corrected chi connectivity index (χ0v) is 11.0. The number of aliphatic carboxylic acids is 1. The molecule has 1 aromatic rings. The number of aryl methyl sites for hydroxylation is 2. The molecule has 1 aliphatic carbocycles. The van der Waals surface area contributed by atoms with Crippen LogP contribution in [0.25, 0.3) is 0 Å². The SMILES string of the molecule is Cc1cc(C)c2c(c1)CC(C)(C)CC2C(=O)O. The van der Waals surface area contributed by atoms with Crippen LogP contribution in [0.1, 0.15) is 48.4 Å². The smallest absolute Gasteiger partial charge is 0.311 e. The molecule has 1 aliphatic rings. The first-order valence-corrected chi connectivity index (χ1v) is 6.13. The number of carboxylic acid groups (broad SMARTS) is 1. The van der Waals surface area contributed by atoms with Crippen LogP contribution in [0.3, 0.4) is 0 Å². The molecule has 0 amide bonds. The highest BCUT2D eigenvalue weighted by atomic mass is 16.4. The fraction of sp³-hybridized carbons (Fsp3) is 0.533. The van der Waals surface area contributed by atoms with Crippen molar-refractivity contribution in [3.63, 3.8) is 0 Å². The largest absolute Gasteiger partial charge is 0.481 e. The van der Waals surface area contributed by atoms with Crippen LogP contribution in [-0.4, -0.2) is 11.1 Å². The van der Waals surface area contributed by atoms with Crippen molar-refractivity contribution in [1.29, 1.82) is 0 Å². The lowest BCUT2D eigenvalue weighted by molar-refractivity contribution is -0.139. The second kappa shape index (κ2) is 3.86. The minimum atomic E-state index is -0.689. The van der Waals surface area contributed by atoms with Crippen molar-refractivity contribution < 1.29 is 9.90 Å². The third-order valence-electron chi connectivity index (χ3n) is 3.69. The maximum Gasteiger partial charge on any atom is 0.311 e. The lowest BCUT2D eigenvalue weighted by atomic mass is 9.68. The van der Waals surface area contributed by atoms with Gasteiger partial charge in [0.25, 0.3) is 0 Å². The number of benzene rings is 1. The fourth-order valence-electron chi connectivity index (χ4n) is 3.16. The number of hydrogen-bond donors (Lipinski definition) is 1. The van der Waals surface area contributed by atoms with Crippen LogP contribution in [0.4, 0.5) is 0 Å². The summed E-state index contributed by atoms with van der Waals surface area (Å²) in [5, 5.41) is 9.41. The molecule has 0 heterocycles. The Morgan fingerprint density at radius 1 is 1.35 bits per heavy atom. The van der Waals surface area contributed by atoms with Gasteiger partial charge in [-0.1, -0.05) is 31.5 Å². The molecule has 1 aromatic carbocycles. The number of hydrogen-bond acceptors (Lipinski definition) is 1. The van der Waals surface area contributed by atoms with Crippen LogP contribution in [0.2, 0.25) is 0 Å². The molecule has 2 heteroatoms. The average molecular weight is 232 g/mol. The zero-order valence-electron chi connectivity index (χ0n) is 11.0. The Morgan fingerprint density at radius 2 is 2.00 bits per heavy atom. The maximum absolute atomic E-state index is 11.4.